The Hall–Kier alpha value is 0.0938. The van der Waals surface area contributed by atoms with E-state index in [2.05, 4.69) is 65.3 Å². The summed E-state index contributed by atoms with van der Waals surface area (Å²) < 4.78 is 13.0. The average Bonchev–Trinajstić information content (AvgIpc) is 2.56. The summed E-state index contributed by atoms with van der Waals surface area (Å²) in [4.78, 5) is 0. The van der Waals surface area contributed by atoms with Crippen molar-refractivity contribution in [2.24, 2.45) is 0 Å². The summed E-state index contributed by atoms with van der Waals surface area (Å²) in [6.45, 7) is 18.3. The zero-order valence-electron chi connectivity index (χ0n) is 20.6. The Balaban J connectivity index is 4.67. The molecule has 0 rings (SSSR count). The van der Waals surface area contributed by atoms with E-state index in [1.807, 2.05) is 0 Å². The highest BCUT2D eigenvalue weighted by atomic mass is 28.4. The largest absolute Gasteiger partial charge is 0.411 e. The first-order chi connectivity index (χ1) is 13.1. The van der Waals surface area contributed by atoms with Crippen molar-refractivity contribution in [1.82, 2.24) is 0 Å². The summed E-state index contributed by atoms with van der Waals surface area (Å²) in [7, 11) is -3.07. The minimum absolute atomic E-state index is 0.264. The molecule has 4 heteroatoms. The molecular formula is C24H52O2Si2. The van der Waals surface area contributed by atoms with Gasteiger partial charge < -0.3 is 8.85 Å². The zero-order valence-corrected chi connectivity index (χ0v) is 22.6. The van der Waals surface area contributed by atoms with Crippen LogP contribution in [0.2, 0.25) is 39.3 Å². The highest BCUT2D eigenvalue weighted by molar-refractivity contribution is 6.70. The van der Waals surface area contributed by atoms with E-state index < -0.39 is 16.6 Å². The Labute approximate surface area is 180 Å². The van der Waals surface area contributed by atoms with Crippen molar-refractivity contribution >= 4 is 16.6 Å². The van der Waals surface area contributed by atoms with Crippen LogP contribution >= 0.6 is 0 Å². The van der Waals surface area contributed by atoms with E-state index >= 15 is 0 Å². The Morgan fingerprint density at radius 3 is 1.25 bits per heavy atom. The first-order valence-electron chi connectivity index (χ1n) is 12.1. The van der Waals surface area contributed by atoms with Gasteiger partial charge in [-0.25, -0.2) is 0 Å². The van der Waals surface area contributed by atoms with Crippen molar-refractivity contribution in [1.29, 1.82) is 0 Å². The predicted octanol–water partition coefficient (Wildman–Crippen LogP) is 8.70. The lowest BCUT2D eigenvalue weighted by Gasteiger charge is -2.27. The maximum atomic E-state index is 6.50. The van der Waals surface area contributed by atoms with E-state index in [1.54, 1.807) is 0 Å². The van der Waals surface area contributed by atoms with Gasteiger partial charge in [0.15, 0.2) is 16.6 Å². The summed E-state index contributed by atoms with van der Waals surface area (Å²) in [5.74, 6) is 0. The van der Waals surface area contributed by atoms with Crippen LogP contribution in [-0.4, -0.2) is 28.8 Å². The van der Waals surface area contributed by atoms with Crippen LogP contribution in [0.15, 0.2) is 12.2 Å². The highest BCUT2D eigenvalue weighted by Crippen LogP contribution is 2.19. The maximum Gasteiger partial charge on any atom is 0.184 e. The number of unbranched alkanes of at least 4 members (excludes halogenated alkanes) is 8. The molecule has 0 aliphatic rings. The lowest BCUT2D eigenvalue weighted by atomic mass is 10.1. The molecule has 2 atom stereocenters. The smallest absolute Gasteiger partial charge is 0.184 e. The summed E-state index contributed by atoms with van der Waals surface area (Å²) in [5, 5.41) is 0. The van der Waals surface area contributed by atoms with Gasteiger partial charge in [-0.05, 0) is 52.1 Å². The van der Waals surface area contributed by atoms with Crippen molar-refractivity contribution in [3.8, 4) is 0 Å². The molecule has 0 bridgehead atoms. The molecule has 0 N–H and O–H groups in total. The molecule has 0 aliphatic heterocycles. The average molecular weight is 429 g/mol. The van der Waals surface area contributed by atoms with E-state index in [9.17, 15) is 0 Å². The maximum absolute atomic E-state index is 6.50. The Kier molecular flexibility index (Phi) is 15.9. The summed E-state index contributed by atoms with van der Waals surface area (Å²) in [5.41, 5.74) is 0. The van der Waals surface area contributed by atoms with Crippen molar-refractivity contribution in [3.63, 3.8) is 0 Å². The molecular weight excluding hydrogens is 376 g/mol. The van der Waals surface area contributed by atoms with Crippen LogP contribution in [0.4, 0.5) is 0 Å². The molecule has 168 valence electrons. The zero-order chi connectivity index (χ0) is 21.5. The molecule has 0 aliphatic carbocycles. The van der Waals surface area contributed by atoms with Gasteiger partial charge in [-0.2, -0.15) is 0 Å². The van der Waals surface area contributed by atoms with Crippen LogP contribution in [0.25, 0.3) is 0 Å². The molecule has 0 unspecified atom stereocenters. The third-order valence-electron chi connectivity index (χ3n) is 4.73. The Bertz CT molecular complexity index is 383. The van der Waals surface area contributed by atoms with Gasteiger partial charge >= 0.3 is 0 Å². The minimum Gasteiger partial charge on any atom is -0.411 e. The van der Waals surface area contributed by atoms with Crippen molar-refractivity contribution in [3.05, 3.63) is 12.2 Å². The molecule has 0 aromatic heterocycles. The number of hydrogen-bond acceptors (Lipinski definition) is 2. The number of rotatable bonds is 18. The van der Waals surface area contributed by atoms with Gasteiger partial charge in [0, 0.05) is 0 Å². The fraction of sp³-hybridized carbons (Fsp3) is 0.917. The lowest BCUT2D eigenvalue weighted by Crippen LogP contribution is -2.33. The van der Waals surface area contributed by atoms with Crippen LogP contribution in [0, 0.1) is 0 Å². The topological polar surface area (TPSA) is 18.5 Å². The van der Waals surface area contributed by atoms with E-state index in [4.69, 9.17) is 8.85 Å². The molecule has 2 nitrogen and oxygen atoms in total. The molecule has 0 radical (unpaired) electrons. The summed E-state index contributed by atoms with van der Waals surface area (Å²) >= 11 is 0. The van der Waals surface area contributed by atoms with Gasteiger partial charge in [-0.1, -0.05) is 90.2 Å². The van der Waals surface area contributed by atoms with Crippen LogP contribution in [0.5, 0.6) is 0 Å². The molecule has 0 aromatic rings. The van der Waals surface area contributed by atoms with Crippen LogP contribution in [-0.2, 0) is 8.85 Å². The third-order valence-corrected chi connectivity index (χ3v) is 6.75. The van der Waals surface area contributed by atoms with E-state index in [0.717, 1.165) is 12.8 Å². The second-order valence-corrected chi connectivity index (χ2v) is 19.2. The first kappa shape index (κ1) is 28.1. The standard InChI is InChI=1S/C24H52O2Si2/c1-9-11-13-14-15-16-18-20-24(26-28(6,7)8)22-21-23(19-17-12-10-2)25-27(3,4)5/h21-24H,9-20H2,1-8H3/b22-21+/t23-,24+/m0/s1. The van der Waals surface area contributed by atoms with Crippen molar-refractivity contribution in [2.45, 2.75) is 142 Å². The van der Waals surface area contributed by atoms with E-state index in [1.165, 1.54) is 64.2 Å². The fourth-order valence-electron chi connectivity index (χ4n) is 3.44. The minimum atomic E-state index is -1.54. The van der Waals surface area contributed by atoms with Gasteiger partial charge in [0.2, 0.25) is 0 Å². The van der Waals surface area contributed by atoms with Gasteiger partial charge in [0.1, 0.15) is 0 Å². The molecule has 0 amide bonds. The molecule has 0 aromatic carbocycles. The van der Waals surface area contributed by atoms with Crippen LogP contribution in [0.3, 0.4) is 0 Å². The Morgan fingerprint density at radius 2 is 0.857 bits per heavy atom. The number of hydrogen-bond donors (Lipinski definition) is 0. The fourth-order valence-corrected chi connectivity index (χ4v) is 5.65. The van der Waals surface area contributed by atoms with Gasteiger partial charge in [-0.3, -0.25) is 0 Å². The lowest BCUT2D eigenvalue weighted by molar-refractivity contribution is 0.210. The molecule has 0 saturated heterocycles. The molecule has 0 spiro atoms. The van der Waals surface area contributed by atoms with Gasteiger partial charge in [-0.15, -0.1) is 0 Å². The van der Waals surface area contributed by atoms with Gasteiger partial charge in [0.25, 0.3) is 0 Å². The second kappa shape index (κ2) is 15.9. The highest BCUT2D eigenvalue weighted by Gasteiger charge is 2.22. The molecule has 28 heavy (non-hydrogen) atoms. The summed E-state index contributed by atoms with van der Waals surface area (Å²) in [6.07, 6.45) is 20.8. The monoisotopic (exact) mass is 428 g/mol. The van der Waals surface area contributed by atoms with Crippen LogP contribution < -0.4 is 0 Å². The predicted molar refractivity (Wildman–Crippen MR) is 132 cm³/mol. The van der Waals surface area contributed by atoms with Crippen LogP contribution in [0.1, 0.15) is 90.9 Å². The Morgan fingerprint density at radius 1 is 0.536 bits per heavy atom. The third kappa shape index (κ3) is 19.4. The summed E-state index contributed by atoms with van der Waals surface area (Å²) in [6, 6.07) is 0. The molecule has 0 fully saturated rings. The van der Waals surface area contributed by atoms with Crippen molar-refractivity contribution in [2.75, 3.05) is 0 Å². The molecule has 0 saturated carbocycles. The van der Waals surface area contributed by atoms with E-state index in [0.29, 0.717) is 0 Å². The quantitative estimate of drug-likeness (QED) is 0.123. The molecule has 0 heterocycles. The van der Waals surface area contributed by atoms with Crippen molar-refractivity contribution < 1.29 is 8.85 Å². The first-order valence-corrected chi connectivity index (χ1v) is 18.9. The second-order valence-electron chi connectivity index (χ2n) is 10.3. The van der Waals surface area contributed by atoms with E-state index in [-0.39, 0.29) is 12.2 Å². The normalized spacial score (nSPS) is 15.3. The van der Waals surface area contributed by atoms with Gasteiger partial charge in [0.05, 0.1) is 12.2 Å². The SMILES string of the molecule is CCCCCCCCC[C@H](/C=C/[C@H](CCCCC)O[Si](C)(C)C)O[Si](C)(C)C.